The third-order valence-corrected chi connectivity index (χ3v) is 5.38. The minimum absolute atomic E-state index is 0.109. The molecule has 2 amide bonds. The lowest BCUT2D eigenvalue weighted by Crippen LogP contribution is -2.50. The predicted molar refractivity (Wildman–Crippen MR) is 113 cm³/mol. The number of carbonyl (C=O) groups is 1. The van der Waals surface area contributed by atoms with Gasteiger partial charge in [0.25, 0.3) is 0 Å². The van der Waals surface area contributed by atoms with Gasteiger partial charge in [0.2, 0.25) is 5.82 Å². The number of methoxy groups -OCH3 is 1. The molecule has 1 saturated heterocycles. The minimum Gasteiger partial charge on any atom is -0.497 e. The number of fused-ring (bicyclic) bond motifs is 1. The van der Waals surface area contributed by atoms with Crippen molar-refractivity contribution in [2.24, 2.45) is 0 Å². The maximum Gasteiger partial charge on any atom is 0.449 e. The largest absolute Gasteiger partial charge is 0.497 e. The van der Waals surface area contributed by atoms with Gasteiger partial charge in [-0.05, 0) is 24.3 Å². The van der Waals surface area contributed by atoms with E-state index in [9.17, 15) is 18.0 Å². The number of nitrogens with zero attached hydrogens (tertiary/aromatic N) is 5. The lowest BCUT2D eigenvalue weighted by molar-refractivity contribution is -0.147. The summed E-state index contributed by atoms with van der Waals surface area (Å²) in [6, 6.07) is 9.95. The number of piperazine rings is 1. The van der Waals surface area contributed by atoms with Gasteiger partial charge in [-0.1, -0.05) is 6.07 Å². The molecule has 3 aromatic rings. The first-order valence-electron chi connectivity index (χ1n) is 10.2. The van der Waals surface area contributed by atoms with Crippen molar-refractivity contribution in [3.63, 3.8) is 0 Å². The molecule has 1 aliphatic heterocycles. The number of nitrogens with one attached hydrogen (secondary N) is 1. The number of hydrogen-bond donors (Lipinski definition) is 1. The summed E-state index contributed by atoms with van der Waals surface area (Å²) in [7, 11) is 1.56. The molecule has 1 fully saturated rings. The van der Waals surface area contributed by atoms with E-state index in [1.807, 2.05) is 4.90 Å². The molecular formula is C21H23F3N6O2. The van der Waals surface area contributed by atoms with Gasteiger partial charge in [0.1, 0.15) is 11.3 Å². The fourth-order valence-electron chi connectivity index (χ4n) is 3.71. The van der Waals surface area contributed by atoms with Crippen LogP contribution in [-0.4, -0.2) is 70.2 Å². The number of anilines is 1. The molecule has 1 N–H and O–H groups in total. The van der Waals surface area contributed by atoms with Crippen molar-refractivity contribution >= 4 is 22.9 Å². The van der Waals surface area contributed by atoms with Crippen LogP contribution < -0.4 is 10.1 Å². The van der Waals surface area contributed by atoms with Crippen molar-refractivity contribution in [1.82, 2.24) is 24.3 Å². The molecule has 2 aromatic heterocycles. The van der Waals surface area contributed by atoms with E-state index in [-0.39, 0.29) is 23.7 Å². The van der Waals surface area contributed by atoms with Gasteiger partial charge >= 0.3 is 12.2 Å². The first-order chi connectivity index (χ1) is 15.3. The van der Waals surface area contributed by atoms with Crippen molar-refractivity contribution in [1.29, 1.82) is 0 Å². The molecule has 1 aromatic carbocycles. The lowest BCUT2D eigenvalue weighted by Gasteiger charge is -2.34. The van der Waals surface area contributed by atoms with E-state index in [2.05, 4.69) is 15.3 Å². The van der Waals surface area contributed by atoms with E-state index in [4.69, 9.17) is 4.74 Å². The van der Waals surface area contributed by atoms with Gasteiger partial charge in [0, 0.05) is 57.2 Å². The van der Waals surface area contributed by atoms with Gasteiger partial charge < -0.3 is 19.5 Å². The molecule has 0 unspecified atom stereocenters. The molecule has 0 atom stereocenters. The topological polar surface area (TPSA) is 75.5 Å². The maximum absolute atomic E-state index is 13.4. The SMILES string of the molecule is COc1cccc(NC(=O)N2CCN(CCn3c(C(F)(F)F)nc4cccnc43)CC2)c1. The zero-order valence-electron chi connectivity index (χ0n) is 17.5. The Morgan fingerprint density at radius 2 is 1.91 bits per heavy atom. The standard InChI is InChI=1S/C21H23F3N6O2/c1-32-16-5-2-4-15(14-16)26-20(31)29-11-8-28(9-12-29)10-13-30-18-17(6-3-7-25-18)27-19(30)21(22,23)24/h2-7,14H,8-13H2,1H3,(H,26,31). The Labute approximate surface area is 182 Å². The molecule has 0 bridgehead atoms. The zero-order valence-corrected chi connectivity index (χ0v) is 17.5. The Morgan fingerprint density at radius 3 is 2.62 bits per heavy atom. The van der Waals surface area contributed by atoms with Crippen LogP contribution in [0.25, 0.3) is 11.2 Å². The first kappa shape index (κ1) is 21.9. The van der Waals surface area contributed by atoms with Gasteiger partial charge in [0.15, 0.2) is 5.65 Å². The van der Waals surface area contributed by atoms with E-state index < -0.39 is 12.0 Å². The van der Waals surface area contributed by atoms with Crippen molar-refractivity contribution in [3.8, 4) is 5.75 Å². The monoisotopic (exact) mass is 448 g/mol. The molecule has 0 spiro atoms. The number of halogens is 3. The number of carbonyl (C=O) groups excluding carboxylic acids is 1. The van der Waals surface area contributed by atoms with E-state index in [1.165, 1.54) is 12.3 Å². The number of aromatic nitrogens is 3. The third-order valence-electron chi connectivity index (χ3n) is 5.38. The number of pyridine rings is 1. The van der Waals surface area contributed by atoms with Crippen LogP contribution in [0.2, 0.25) is 0 Å². The summed E-state index contributed by atoms with van der Waals surface area (Å²) >= 11 is 0. The minimum atomic E-state index is -4.56. The second-order valence-electron chi connectivity index (χ2n) is 7.42. The molecule has 170 valence electrons. The van der Waals surface area contributed by atoms with E-state index in [1.54, 1.807) is 42.3 Å². The predicted octanol–water partition coefficient (Wildman–Crippen LogP) is 3.31. The number of benzene rings is 1. The van der Waals surface area contributed by atoms with Crippen LogP contribution in [0, 0.1) is 0 Å². The summed E-state index contributed by atoms with van der Waals surface area (Å²) in [5.41, 5.74) is 1.07. The molecule has 0 aliphatic carbocycles. The lowest BCUT2D eigenvalue weighted by atomic mass is 10.3. The van der Waals surface area contributed by atoms with Crippen LogP contribution in [0.1, 0.15) is 5.82 Å². The molecule has 0 saturated carbocycles. The van der Waals surface area contributed by atoms with Crippen molar-refractivity contribution < 1.29 is 22.7 Å². The summed E-state index contributed by atoms with van der Waals surface area (Å²) in [6.07, 6.45) is -3.10. The number of hydrogen-bond acceptors (Lipinski definition) is 5. The fourth-order valence-corrected chi connectivity index (χ4v) is 3.71. The molecule has 11 heteroatoms. The van der Waals surface area contributed by atoms with Crippen LogP contribution in [0.15, 0.2) is 42.6 Å². The average Bonchev–Trinajstić information content (AvgIpc) is 3.17. The molecular weight excluding hydrogens is 425 g/mol. The van der Waals surface area contributed by atoms with Gasteiger partial charge in [-0.15, -0.1) is 0 Å². The van der Waals surface area contributed by atoms with Crippen molar-refractivity contribution in [3.05, 3.63) is 48.4 Å². The molecule has 3 heterocycles. The van der Waals surface area contributed by atoms with Crippen LogP contribution >= 0.6 is 0 Å². The highest BCUT2D eigenvalue weighted by atomic mass is 19.4. The van der Waals surface area contributed by atoms with E-state index in [0.29, 0.717) is 44.2 Å². The summed E-state index contributed by atoms with van der Waals surface area (Å²) < 4.78 is 46.6. The van der Waals surface area contributed by atoms with Gasteiger partial charge in [-0.3, -0.25) is 4.90 Å². The Hall–Kier alpha value is -3.34. The number of imidazole rings is 1. The number of alkyl halides is 3. The number of amides is 2. The third kappa shape index (κ3) is 4.77. The fraction of sp³-hybridized carbons (Fsp3) is 0.381. The number of rotatable bonds is 5. The van der Waals surface area contributed by atoms with Crippen LogP contribution in [0.3, 0.4) is 0 Å². The Bertz CT molecular complexity index is 1090. The molecule has 4 rings (SSSR count). The van der Waals surface area contributed by atoms with Crippen LogP contribution in [-0.2, 0) is 12.7 Å². The summed E-state index contributed by atoms with van der Waals surface area (Å²) in [6.45, 7) is 2.59. The van der Waals surface area contributed by atoms with Gasteiger partial charge in [-0.25, -0.2) is 14.8 Å². The van der Waals surface area contributed by atoms with E-state index >= 15 is 0 Å². The maximum atomic E-state index is 13.4. The Balaban J connectivity index is 1.34. The smallest absolute Gasteiger partial charge is 0.449 e. The Morgan fingerprint density at radius 1 is 1.12 bits per heavy atom. The Kier molecular flexibility index (Phi) is 6.17. The highest BCUT2D eigenvalue weighted by molar-refractivity contribution is 5.89. The van der Waals surface area contributed by atoms with Crippen molar-refractivity contribution in [2.75, 3.05) is 45.2 Å². The zero-order chi connectivity index (χ0) is 22.7. The van der Waals surface area contributed by atoms with Gasteiger partial charge in [-0.2, -0.15) is 13.2 Å². The molecule has 32 heavy (non-hydrogen) atoms. The summed E-state index contributed by atoms with van der Waals surface area (Å²) in [5, 5.41) is 2.84. The highest BCUT2D eigenvalue weighted by Crippen LogP contribution is 2.30. The van der Waals surface area contributed by atoms with Crippen molar-refractivity contribution in [2.45, 2.75) is 12.7 Å². The average molecular weight is 448 g/mol. The summed E-state index contributed by atoms with van der Waals surface area (Å²) in [4.78, 5) is 24.0. The van der Waals surface area contributed by atoms with Crippen LogP contribution in [0.5, 0.6) is 5.75 Å². The second kappa shape index (κ2) is 9.03. The molecule has 1 aliphatic rings. The number of ether oxygens (including phenoxy) is 1. The molecule has 0 radical (unpaired) electrons. The molecule has 8 nitrogen and oxygen atoms in total. The second-order valence-corrected chi connectivity index (χ2v) is 7.42. The number of urea groups is 1. The quantitative estimate of drug-likeness (QED) is 0.648. The normalized spacial score (nSPS) is 15.2. The first-order valence-corrected chi connectivity index (χ1v) is 10.2. The van der Waals surface area contributed by atoms with Gasteiger partial charge in [0.05, 0.1) is 7.11 Å². The summed E-state index contributed by atoms with van der Waals surface area (Å²) in [5.74, 6) is -0.296. The highest BCUT2D eigenvalue weighted by Gasteiger charge is 2.38. The van der Waals surface area contributed by atoms with Crippen LogP contribution in [0.4, 0.5) is 23.7 Å². The van der Waals surface area contributed by atoms with E-state index in [0.717, 1.165) is 4.57 Å².